The molecule has 2 heterocycles. The van der Waals surface area contributed by atoms with Crippen molar-refractivity contribution >= 4 is 11.7 Å². The van der Waals surface area contributed by atoms with Crippen molar-refractivity contribution in [3.63, 3.8) is 0 Å². The lowest BCUT2D eigenvalue weighted by Crippen LogP contribution is -2.36. The Labute approximate surface area is 132 Å². The lowest BCUT2D eigenvalue weighted by molar-refractivity contribution is 0.0520. The van der Waals surface area contributed by atoms with Crippen molar-refractivity contribution in [2.75, 3.05) is 37.8 Å². The van der Waals surface area contributed by atoms with Crippen LogP contribution in [0.2, 0.25) is 0 Å². The zero-order valence-corrected chi connectivity index (χ0v) is 12.7. The van der Waals surface area contributed by atoms with Gasteiger partial charge < -0.3 is 14.4 Å². The van der Waals surface area contributed by atoms with Gasteiger partial charge in [-0.15, -0.1) is 5.10 Å². The number of halogens is 1. The van der Waals surface area contributed by atoms with E-state index in [2.05, 4.69) is 20.3 Å². The summed E-state index contributed by atoms with van der Waals surface area (Å²) < 4.78 is 24.1. The van der Waals surface area contributed by atoms with Crippen LogP contribution in [0, 0.1) is 5.82 Å². The highest BCUT2D eigenvalue weighted by Crippen LogP contribution is 2.32. The van der Waals surface area contributed by atoms with Gasteiger partial charge in [-0.05, 0) is 25.1 Å². The summed E-state index contributed by atoms with van der Waals surface area (Å²) in [4.78, 5) is 14.1. The first-order valence-electron chi connectivity index (χ1n) is 7.41. The van der Waals surface area contributed by atoms with E-state index in [-0.39, 0.29) is 18.0 Å². The van der Waals surface area contributed by atoms with Gasteiger partial charge in [0.25, 0.3) is 0 Å². The number of hydrogen-bond acceptors (Lipinski definition) is 6. The number of benzene rings is 1. The standard InChI is InChI=1S/C15H17FN4O3/c1-2-23-15(21)14-13(17-19-18-14)11-9-10(16)3-4-12(11)20-5-7-22-8-6-20/h3-4,9H,2,5-8H2,1H3,(H,17,18,19). The quantitative estimate of drug-likeness (QED) is 0.862. The molecular weight excluding hydrogens is 303 g/mol. The van der Waals surface area contributed by atoms with Gasteiger partial charge in [0, 0.05) is 24.3 Å². The van der Waals surface area contributed by atoms with E-state index in [1.807, 2.05) is 0 Å². The first-order valence-corrected chi connectivity index (χ1v) is 7.41. The second-order valence-corrected chi connectivity index (χ2v) is 5.00. The number of nitrogens with one attached hydrogen (secondary N) is 1. The number of carbonyl (C=O) groups is 1. The average Bonchev–Trinajstić information content (AvgIpc) is 3.05. The number of anilines is 1. The molecule has 0 unspecified atom stereocenters. The van der Waals surface area contributed by atoms with Gasteiger partial charge in [0.15, 0.2) is 5.69 Å². The first kappa shape index (κ1) is 15.4. The number of hydrogen-bond donors (Lipinski definition) is 1. The zero-order valence-electron chi connectivity index (χ0n) is 12.7. The maximum atomic E-state index is 13.8. The number of aromatic nitrogens is 3. The molecule has 0 bridgehead atoms. The largest absolute Gasteiger partial charge is 0.461 e. The fourth-order valence-corrected chi connectivity index (χ4v) is 2.54. The summed E-state index contributed by atoms with van der Waals surface area (Å²) in [6, 6.07) is 4.42. The maximum Gasteiger partial charge on any atom is 0.361 e. The number of esters is 1. The Hall–Kier alpha value is -2.48. The van der Waals surface area contributed by atoms with Crippen molar-refractivity contribution in [2.45, 2.75) is 6.92 Å². The minimum absolute atomic E-state index is 0.0481. The smallest absolute Gasteiger partial charge is 0.361 e. The highest BCUT2D eigenvalue weighted by Gasteiger charge is 2.24. The van der Waals surface area contributed by atoms with E-state index < -0.39 is 11.8 Å². The molecule has 1 fully saturated rings. The lowest BCUT2D eigenvalue weighted by Gasteiger charge is -2.30. The molecule has 8 heteroatoms. The van der Waals surface area contributed by atoms with Gasteiger partial charge in [-0.25, -0.2) is 9.18 Å². The first-order chi connectivity index (χ1) is 11.2. The second-order valence-electron chi connectivity index (χ2n) is 5.00. The summed E-state index contributed by atoms with van der Waals surface area (Å²) in [5, 5.41) is 10.3. The van der Waals surface area contributed by atoms with Gasteiger partial charge in [-0.1, -0.05) is 0 Å². The Morgan fingerprint density at radius 2 is 2.17 bits per heavy atom. The Bertz CT molecular complexity index is 698. The predicted octanol–water partition coefficient (Wildman–Crippen LogP) is 1.62. The molecule has 0 spiro atoms. The molecular formula is C15H17FN4O3. The minimum atomic E-state index is -0.589. The number of rotatable bonds is 4. The molecule has 2 aromatic rings. The van der Waals surface area contributed by atoms with E-state index in [9.17, 15) is 9.18 Å². The third-order valence-electron chi connectivity index (χ3n) is 3.58. The van der Waals surface area contributed by atoms with Crippen molar-refractivity contribution in [1.29, 1.82) is 0 Å². The minimum Gasteiger partial charge on any atom is -0.461 e. The molecule has 1 aliphatic rings. The van der Waals surface area contributed by atoms with Gasteiger partial charge in [0.2, 0.25) is 0 Å². The van der Waals surface area contributed by atoms with Crippen LogP contribution in [-0.2, 0) is 9.47 Å². The number of H-pyrrole nitrogens is 1. The molecule has 0 amide bonds. The van der Waals surface area contributed by atoms with E-state index in [1.165, 1.54) is 12.1 Å². The van der Waals surface area contributed by atoms with Crippen LogP contribution in [0.4, 0.5) is 10.1 Å². The summed E-state index contributed by atoms with van der Waals surface area (Å²) in [5.41, 5.74) is 1.62. The van der Waals surface area contributed by atoms with E-state index >= 15 is 0 Å². The Morgan fingerprint density at radius 1 is 1.39 bits per heavy atom. The molecule has 0 aliphatic carbocycles. The molecule has 1 aliphatic heterocycles. The molecule has 7 nitrogen and oxygen atoms in total. The Kier molecular flexibility index (Phi) is 4.52. The SMILES string of the molecule is CCOC(=O)c1n[nH]nc1-c1cc(F)ccc1N1CCOCC1. The number of ether oxygens (including phenoxy) is 2. The van der Waals surface area contributed by atoms with Crippen LogP contribution in [0.5, 0.6) is 0 Å². The number of nitrogens with zero attached hydrogens (tertiary/aromatic N) is 3. The van der Waals surface area contributed by atoms with Crippen molar-refractivity contribution < 1.29 is 18.7 Å². The van der Waals surface area contributed by atoms with Crippen LogP contribution in [0.1, 0.15) is 17.4 Å². The Balaban J connectivity index is 2.04. The second kappa shape index (κ2) is 6.74. The van der Waals surface area contributed by atoms with Crippen molar-refractivity contribution in [2.24, 2.45) is 0 Å². The maximum absolute atomic E-state index is 13.8. The van der Waals surface area contributed by atoms with Crippen molar-refractivity contribution in [3.8, 4) is 11.3 Å². The predicted molar refractivity (Wildman–Crippen MR) is 80.8 cm³/mol. The fourth-order valence-electron chi connectivity index (χ4n) is 2.54. The average molecular weight is 320 g/mol. The molecule has 23 heavy (non-hydrogen) atoms. The van der Waals surface area contributed by atoms with Crippen LogP contribution < -0.4 is 4.90 Å². The normalized spacial score (nSPS) is 14.8. The number of morpholine rings is 1. The third-order valence-corrected chi connectivity index (χ3v) is 3.58. The number of aromatic amines is 1. The highest BCUT2D eigenvalue weighted by atomic mass is 19.1. The molecule has 0 atom stereocenters. The van der Waals surface area contributed by atoms with Crippen LogP contribution in [0.15, 0.2) is 18.2 Å². The zero-order chi connectivity index (χ0) is 16.2. The van der Waals surface area contributed by atoms with Gasteiger partial charge in [-0.2, -0.15) is 10.3 Å². The molecule has 3 rings (SSSR count). The van der Waals surface area contributed by atoms with Gasteiger partial charge in [-0.3, -0.25) is 0 Å². The van der Waals surface area contributed by atoms with Gasteiger partial charge >= 0.3 is 5.97 Å². The van der Waals surface area contributed by atoms with Crippen molar-refractivity contribution in [1.82, 2.24) is 15.4 Å². The Morgan fingerprint density at radius 3 is 2.91 bits per heavy atom. The van der Waals surface area contributed by atoms with Gasteiger partial charge in [0.05, 0.1) is 19.8 Å². The highest BCUT2D eigenvalue weighted by molar-refractivity contribution is 5.96. The molecule has 1 N–H and O–H groups in total. The van der Waals surface area contributed by atoms with Crippen molar-refractivity contribution in [3.05, 3.63) is 29.7 Å². The van der Waals surface area contributed by atoms with Crippen LogP contribution in [-0.4, -0.2) is 54.3 Å². The summed E-state index contributed by atoms with van der Waals surface area (Å²) in [7, 11) is 0. The van der Waals surface area contributed by atoms with E-state index in [0.29, 0.717) is 31.9 Å². The topological polar surface area (TPSA) is 80.3 Å². The van der Waals surface area contributed by atoms with Crippen LogP contribution >= 0.6 is 0 Å². The fraction of sp³-hybridized carbons (Fsp3) is 0.400. The summed E-state index contributed by atoms with van der Waals surface area (Å²) >= 11 is 0. The van der Waals surface area contributed by atoms with E-state index in [1.54, 1.807) is 13.0 Å². The third kappa shape index (κ3) is 3.16. The molecule has 1 aromatic carbocycles. The molecule has 0 radical (unpaired) electrons. The summed E-state index contributed by atoms with van der Waals surface area (Å²) in [6.07, 6.45) is 0. The van der Waals surface area contributed by atoms with Gasteiger partial charge in [0.1, 0.15) is 11.5 Å². The van der Waals surface area contributed by atoms with Crippen LogP contribution in [0.3, 0.4) is 0 Å². The lowest BCUT2D eigenvalue weighted by atomic mass is 10.1. The van der Waals surface area contributed by atoms with Crippen LogP contribution in [0.25, 0.3) is 11.3 Å². The molecule has 1 aromatic heterocycles. The monoisotopic (exact) mass is 320 g/mol. The molecule has 0 saturated carbocycles. The molecule has 122 valence electrons. The van der Waals surface area contributed by atoms with E-state index in [0.717, 1.165) is 5.69 Å². The van der Waals surface area contributed by atoms with E-state index in [4.69, 9.17) is 9.47 Å². The summed E-state index contributed by atoms with van der Waals surface area (Å²) in [6.45, 7) is 4.50. The number of carbonyl (C=O) groups excluding carboxylic acids is 1. The summed E-state index contributed by atoms with van der Waals surface area (Å²) in [5.74, 6) is -0.997. The molecule has 1 saturated heterocycles.